The number of hydrogen-bond acceptors (Lipinski definition) is 8. The second-order valence-electron chi connectivity index (χ2n) is 14.3. The van der Waals surface area contributed by atoms with E-state index in [1.807, 2.05) is 88.4 Å². The fourth-order valence-corrected chi connectivity index (χ4v) is 5.46. The summed E-state index contributed by atoms with van der Waals surface area (Å²) >= 11 is 0. The van der Waals surface area contributed by atoms with Crippen LogP contribution >= 0.6 is 0 Å². The molecule has 2 aromatic carbocycles. The van der Waals surface area contributed by atoms with Gasteiger partial charge in [0.05, 0.1) is 12.1 Å². The van der Waals surface area contributed by atoms with Crippen molar-refractivity contribution in [2.45, 2.75) is 118 Å². The third-order valence-electron chi connectivity index (χ3n) is 8.15. The fourth-order valence-electron chi connectivity index (χ4n) is 5.46. The van der Waals surface area contributed by atoms with E-state index < -0.39 is 60.4 Å². The van der Waals surface area contributed by atoms with E-state index in [-0.39, 0.29) is 36.9 Å². The van der Waals surface area contributed by atoms with Crippen LogP contribution < -0.4 is 21.3 Å². The number of carbonyl (C=O) groups excluding carboxylic acids is 4. The van der Waals surface area contributed by atoms with E-state index >= 15 is 0 Å². The van der Waals surface area contributed by atoms with Gasteiger partial charge in [-0.1, -0.05) is 116 Å². The predicted octanol–water partition coefficient (Wildman–Crippen LogP) is 4.67. The molecule has 0 fully saturated rings. The summed E-state index contributed by atoms with van der Waals surface area (Å²) in [7, 11) is 0. The number of carbonyl (C=O) groups is 4. The normalized spacial score (nSPS) is 15.1. The van der Waals surface area contributed by atoms with Crippen LogP contribution in [0, 0.1) is 23.7 Å². The van der Waals surface area contributed by atoms with Crippen molar-refractivity contribution in [3.05, 3.63) is 71.8 Å². The maximum absolute atomic E-state index is 13.6. The number of alkyl carbamates (subject to hydrolysis) is 2. The highest BCUT2D eigenvalue weighted by Gasteiger charge is 2.38. The lowest BCUT2D eigenvalue weighted by molar-refractivity contribution is -0.129. The van der Waals surface area contributed by atoms with Crippen LogP contribution in [0.3, 0.4) is 0 Å². The van der Waals surface area contributed by atoms with Crippen molar-refractivity contribution in [2.24, 2.45) is 23.7 Å². The zero-order valence-corrected chi connectivity index (χ0v) is 30.7. The summed E-state index contributed by atoms with van der Waals surface area (Å²) in [5.74, 6) is -1.72. The maximum atomic E-state index is 13.6. The first-order valence-electron chi connectivity index (χ1n) is 17.5. The summed E-state index contributed by atoms with van der Waals surface area (Å²) < 4.78 is 10.6. The Hall–Kier alpha value is -4.16. The molecule has 278 valence electrons. The van der Waals surface area contributed by atoms with E-state index in [4.69, 9.17) is 9.47 Å². The van der Waals surface area contributed by atoms with Crippen LogP contribution in [-0.4, -0.2) is 70.6 Å². The number of hydrogen-bond donors (Lipinski definition) is 6. The first-order chi connectivity index (χ1) is 23.6. The minimum Gasteiger partial charge on any atom is -0.445 e. The average molecular weight is 699 g/mol. The van der Waals surface area contributed by atoms with Gasteiger partial charge in [0.15, 0.2) is 0 Å². The molecule has 12 heteroatoms. The van der Waals surface area contributed by atoms with Gasteiger partial charge in [0.1, 0.15) is 37.5 Å². The quantitative estimate of drug-likeness (QED) is 0.123. The molecule has 0 heterocycles. The Morgan fingerprint density at radius 2 is 0.860 bits per heavy atom. The molecule has 0 saturated heterocycles. The molecular weight excluding hydrogens is 640 g/mol. The van der Waals surface area contributed by atoms with Crippen molar-refractivity contribution in [3.8, 4) is 0 Å². The first kappa shape index (κ1) is 42.0. The number of aliphatic hydroxyl groups is 2. The molecule has 2 aromatic rings. The van der Waals surface area contributed by atoms with Gasteiger partial charge in [-0.3, -0.25) is 9.59 Å². The van der Waals surface area contributed by atoms with E-state index in [2.05, 4.69) is 21.3 Å². The first-order valence-corrected chi connectivity index (χ1v) is 17.5. The monoisotopic (exact) mass is 698 g/mol. The van der Waals surface area contributed by atoms with Gasteiger partial charge in [0.25, 0.3) is 0 Å². The summed E-state index contributed by atoms with van der Waals surface area (Å²) in [4.78, 5) is 52.4. The fraction of sp³-hybridized carbons (Fsp3) is 0.579. The molecule has 0 unspecified atom stereocenters. The topological polar surface area (TPSA) is 175 Å². The summed E-state index contributed by atoms with van der Waals surface area (Å²) in [6, 6.07) is 14.5. The largest absolute Gasteiger partial charge is 0.445 e. The molecular formula is C38H58N4O8. The third-order valence-corrected chi connectivity index (χ3v) is 8.15. The number of benzene rings is 2. The zero-order valence-electron chi connectivity index (χ0n) is 30.7. The van der Waals surface area contributed by atoms with Gasteiger partial charge in [0.2, 0.25) is 11.8 Å². The third kappa shape index (κ3) is 14.8. The van der Waals surface area contributed by atoms with Crippen LogP contribution in [0.1, 0.15) is 79.4 Å². The number of nitrogens with one attached hydrogen (secondary N) is 4. The van der Waals surface area contributed by atoms with Gasteiger partial charge in [-0.2, -0.15) is 0 Å². The molecule has 6 N–H and O–H groups in total. The smallest absolute Gasteiger partial charge is 0.408 e. The van der Waals surface area contributed by atoms with Crippen LogP contribution in [-0.2, 0) is 32.3 Å². The predicted molar refractivity (Wildman–Crippen MR) is 192 cm³/mol. The van der Waals surface area contributed by atoms with Crippen LogP contribution in [0.5, 0.6) is 0 Å². The Kier molecular flexibility index (Phi) is 17.8. The average Bonchev–Trinajstić information content (AvgIpc) is 3.06. The molecule has 0 aliphatic carbocycles. The molecule has 6 atom stereocenters. The van der Waals surface area contributed by atoms with Crippen LogP contribution in [0.4, 0.5) is 9.59 Å². The molecule has 0 aliphatic rings. The Bertz CT molecular complexity index is 1220. The minimum absolute atomic E-state index is 0.0120. The molecule has 0 spiro atoms. The lowest BCUT2D eigenvalue weighted by atomic mass is 9.88. The highest BCUT2D eigenvalue weighted by Crippen LogP contribution is 2.19. The molecule has 0 aliphatic heterocycles. The van der Waals surface area contributed by atoms with E-state index in [0.717, 1.165) is 11.1 Å². The van der Waals surface area contributed by atoms with Gasteiger partial charge in [-0.15, -0.1) is 0 Å². The van der Waals surface area contributed by atoms with E-state index in [9.17, 15) is 29.4 Å². The summed E-state index contributed by atoms with van der Waals surface area (Å²) in [6.45, 7) is 14.8. The van der Waals surface area contributed by atoms with E-state index in [1.165, 1.54) is 0 Å². The second kappa shape index (κ2) is 21.1. The van der Waals surface area contributed by atoms with Crippen LogP contribution in [0.25, 0.3) is 0 Å². The highest BCUT2D eigenvalue weighted by molar-refractivity contribution is 5.87. The molecule has 50 heavy (non-hydrogen) atoms. The molecule has 12 nitrogen and oxygen atoms in total. The maximum Gasteiger partial charge on any atom is 0.408 e. The highest BCUT2D eigenvalue weighted by atomic mass is 16.6. The SMILES string of the molecule is CC(C)C[C@H](NC(=O)[C@@H](NC(=O)OCc1ccccc1)C(C)C)[C@H](O)[C@H](O)[C@H](CC(C)C)NC(=O)[C@@H](NC(=O)OCc1ccccc1)C(C)C. The van der Waals surface area contributed by atoms with Crippen molar-refractivity contribution in [1.82, 2.24) is 21.3 Å². The Morgan fingerprint density at radius 3 is 1.14 bits per heavy atom. The zero-order chi connectivity index (χ0) is 37.4. The Balaban J connectivity index is 2.15. The number of aliphatic hydroxyl groups excluding tert-OH is 2. The lowest BCUT2D eigenvalue weighted by Gasteiger charge is -2.36. The van der Waals surface area contributed by atoms with Crippen molar-refractivity contribution >= 4 is 24.0 Å². The van der Waals surface area contributed by atoms with Crippen molar-refractivity contribution in [2.75, 3.05) is 0 Å². The molecule has 0 radical (unpaired) electrons. The van der Waals surface area contributed by atoms with Gasteiger partial charge in [-0.25, -0.2) is 9.59 Å². The molecule has 0 aromatic heterocycles. The number of rotatable bonds is 19. The van der Waals surface area contributed by atoms with Gasteiger partial charge in [0, 0.05) is 0 Å². The van der Waals surface area contributed by atoms with Crippen molar-refractivity contribution in [1.29, 1.82) is 0 Å². The molecule has 4 amide bonds. The van der Waals surface area contributed by atoms with Gasteiger partial charge in [-0.05, 0) is 47.6 Å². The van der Waals surface area contributed by atoms with Crippen LogP contribution in [0.15, 0.2) is 60.7 Å². The van der Waals surface area contributed by atoms with Gasteiger partial charge < -0.3 is 41.0 Å². The van der Waals surface area contributed by atoms with Crippen molar-refractivity contribution < 1.29 is 38.9 Å². The summed E-state index contributed by atoms with van der Waals surface area (Å²) in [6.07, 6.45) is -3.88. The Morgan fingerprint density at radius 1 is 0.540 bits per heavy atom. The second-order valence-corrected chi connectivity index (χ2v) is 14.3. The number of ether oxygens (including phenoxy) is 2. The van der Waals surface area contributed by atoms with Gasteiger partial charge >= 0.3 is 12.2 Å². The van der Waals surface area contributed by atoms with Crippen molar-refractivity contribution in [3.63, 3.8) is 0 Å². The lowest BCUT2D eigenvalue weighted by Crippen LogP contribution is -2.61. The standard InChI is InChI=1S/C38H58N4O8/c1-23(2)19-29(39-35(45)31(25(5)6)41-37(47)49-21-27-15-11-9-12-16-27)33(43)34(44)30(20-24(3)4)40-36(46)32(26(7)8)42-38(48)50-22-28-17-13-10-14-18-28/h9-18,23-26,29-34,43-44H,19-22H2,1-8H3,(H,39,45)(H,40,46)(H,41,47)(H,42,48)/t29-,30-,31-,32-,33-,34+/m0/s1. The van der Waals surface area contributed by atoms with E-state index in [1.54, 1.807) is 27.7 Å². The summed E-state index contributed by atoms with van der Waals surface area (Å²) in [5.41, 5.74) is 1.59. The molecule has 2 rings (SSSR count). The molecule has 0 saturated carbocycles. The summed E-state index contributed by atoms with van der Waals surface area (Å²) in [5, 5.41) is 34.0. The minimum atomic E-state index is -1.48. The number of amides is 4. The Labute approximate surface area is 297 Å². The van der Waals surface area contributed by atoms with Crippen LogP contribution in [0.2, 0.25) is 0 Å². The molecule has 0 bridgehead atoms. The van der Waals surface area contributed by atoms with E-state index in [0.29, 0.717) is 12.8 Å².